The summed E-state index contributed by atoms with van der Waals surface area (Å²) in [5, 5.41) is 9.95. The van der Waals surface area contributed by atoms with E-state index in [1.54, 1.807) is 11.1 Å². The van der Waals surface area contributed by atoms with E-state index in [9.17, 15) is 4.79 Å². The van der Waals surface area contributed by atoms with Crippen LogP contribution in [0.25, 0.3) is 11.1 Å². The summed E-state index contributed by atoms with van der Waals surface area (Å²) in [7, 11) is 2.09. The number of hydrogen-bond acceptors (Lipinski definition) is 4. The Balaban J connectivity index is 1.54. The van der Waals surface area contributed by atoms with Gasteiger partial charge in [-0.3, -0.25) is 5.10 Å². The highest BCUT2D eigenvalue weighted by atomic mass is 16.5. The molecule has 7 heteroatoms. The molecule has 1 aromatic heterocycles. The molecule has 0 bridgehead atoms. The molecule has 162 valence electrons. The fraction of sp³-hybridized carbons (Fsp3) is 0.333. The largest absolute Gasteiger partial charge is 0.487 e. The molecular formula is C24H29N5O2. The van der Waals surface area contributed by atoms with Crippen molar-refractivity contribution in [3.63, 3.8) is 0 Å². The van der Waals surface area contributed by atoms with Crippen molar-refractivity contribution in [3.05, 3.63) is 66.5 Å². The molecule has 3 aromatic rings. The van der Waals surface area contributed by atoms with E-state index in [2.05, 4.69) is 27.5 Å². The standard InChI is InChI=1S/C24H29N5O2/c1-3-29(16-18-7-5-4-6-8-18)24(30)27-22-10-9-19(20-14-25-26-15-20)13-23(22)31-21-11-12-28(2)17-21/h4-10,13-15,21H,3,11-12,16-17H2,1-2H3,(H,25,26)(H,27,30)/t21-/m0/s1. The average molecular weight is 420 g/mol. The summed E-state index contributed by atoms with van der Waals surface area (Å²) < 4.78 is 6.34. The first-order valence-electron chi connectivity index (χ1n) is 10.7. The van der Waals surface area contributed by atoms with Gasteiger partial charge >= 0.3 is 6.03 Å². The van der Waals surface area contributed by atoms with Crippen LogP contribution in [0.15, 0.2) is 60.9 Å². The number of carbonyl (C=O) groups is 1. The van der Waals surface area contributed by atoms with Crippen LogP contribution in [0.2, 0.25) is 0 Å². The number of nitrogens with zero attached hydrogens (tertiary/aromatic N) is 3. The van der Waals surface area contributed by atoms with Gasteiger partial charge in [-0.15, -0.1) is 0 Å². The third kappa shape index (κ3) is 5.24. The number of aromatic nitrogens is 2. The van der Waals surface area contributed by atoms with Gasteiger partial charge in [-0.05, 0) is 43.7 Å². The van der Waals surface area contributed by atoms with Crippen LogP contribution >= 0.6 is 0 Å². The first kappa shape index (κ1) is 20.9. The number of aromatic amines is 1. The van der Waals surface area contributed by atoms with Crippen molar-refractivity contribution in [2.45, 2.75) is 26.0 Å². The van der Waals surface area contributed by atoms with Crippen LogP contribution in [-0.4, -0.2) is 58.8 Å². The predicted molar refractivity (Wildman–Crippen MR) is 122 cm³/mol. The third-order valence-electron chi connectivity index (χ3n) is 5.58. The second-order valence-corrected chi connectivity index (χ2v) is 7.92. The second kappa shape index (κ2) is 9.66. The van der Waals surface area contributed by atoms with E-state index < -0.39 is 0 Å². The Hall–Kier alpha value is -3.32. The number of rotatable bonds is 7. The van der Waals surface area contributed by atoms with Crippen molar-refractivity contribution >= 4 is 11.7 Å². The zero-order chi connectivity index (χ0) is 21.6. The van der Waals surface area contributed by atoms with Crippen molar-refractivity contribution in [1.82, 2.24) is 20.0 Å². The molecule has 0 unspecified atom stereocenters. The summed E-state index contributed by atoms with van der Waals surface area (Å²) in [6.07, 6.45) is 4.69. The van der Waals surface area contributed by atoms with Gasteiger partial charge in [0.15, 0.2) is 0 Å². The summed E-state index contributed by atoms with van der Waals surface area (Å²) >= 11 is 0. The van der Waals surface area contributed by atoms with Gasteiger partial charge in [0, 0.05) is 37.9 Å². The Bertz CT molecular complexity index is 990. The third-order valence-corrected chi connectivity index (χ3v) is 5.58. The average Bonchev–Trinajstić information content (AvgIpc) is 3.46. The summed E-state index contributed by atoms with van der Waals surface area (Å²) in [6, 6.07) is 15.7. The molecule has 2 amide bonds. The van der Waals surface area contributed by atoms with E-state index in [1.807, 2.05) is 61.7 Å². The number of anilines is 1. The maximum atomic E-state index is 13.0. The number of hydrogen-bond donors (Lipinski definition) is 2. The van der Waals surface area contributed by atoms with Crippen LogP contribution < -0.4 is 10.1 Å². The van der Waals surface area contributed by atoms with Gasteiger partial charge in [0.1, 0.15) is 11.9 Å². The Kier molecular flexibility index (Phi) is 6.52. The lowest BCUT2D eigenvalue weighted by Gasteiger charge is -2.23. The normalized spacial score (nSPS) is 16.3. The molecule has 0 spiro atoms. The molecule has 1 aliphatic rings. The molecule has 7 nitrogen and oxygen atoms in total. The molecule has 1 fully saturated rings. The molecule has 2 aromatic carbocycles. The number of urea groups is 1. The molecule has 0 aliphatic carbocycles. The van der Waals surface area contributed by atoms with Crippen molar-refractivity contribution in [2.24, 2.45) is 0 Å². The second-order valence-electron chi connectivity index (χ2n) is 7.92. The van der Waals surface area contributed by atoms with Gasteiger partial charge in [-0.1, -0.05) is 36.4 Å². The molecule has 0 radical (unpaired) electrons. The summed E-state index contributed by atoms with van der Waals surface area (Å²) in [5.41, 5.74) is 3.74. The number of carbonyl (C=O) groups excluding carboxylic acids is 1. The van der Waals surface area contributed by atoms with E-state index in [0.717, 1.165) is 36.2 Å². The molecule has 31 heavy (non-hydrogen) atoms. The molecule has 1 atom stereocenters. The summed E-state index contributed by atoms with van der Waals surface area (Å²) in [6.45, 7) is 5.03. The number of benzene rings is 2. The molecule has 2 N–H and O–H groups in total. The zero-order valence-corrected chi connectivity index (χ0v) is 18.0. The van der Waals surface area contributed by atoms with E-state index in [1.165, 1.54) is 0 Å². The predicted octanol–water partition coefficient (Wildman–Crippen LogP) is 4.21. The highest BCUT2D eigenvalue weighted by Crippen LogP contribution is 2.32. The van der Waals surface area contributed by atoms with Gasteiger partial charge in [-0.2, -0.15) is 5.10 Å². The minimum Gasteiger partial charge on any atom is -0.487 e. The van der Waals surface area contributed by atoms with Crippen LogP contribution in [0.4, 0.5) is 10.5 Å². The van der Waals surface area contributed by atoms with Gasteiger partial charge in [0.2, 0.25) is 0 Å². The van der Waals surface area contributed by atoms with Gasteiger partial charge in [-0.25, -0.2) is 4.79 Å². The quantitative estimate of drug-likeness (QED) is 0.602. The molecule has 1 aliphatic heterocycles. The van der Waals surface area contributed by atoms with Crippen LogP contribution in [0.3, 0.4) is 0 Å². The number of ether oxygens (including phenoxy) is 1. The molecular weight excluding hydrogens is 390 g/mol. The lowest BCUT2D eigenvalue weighted by atomic mass is 10.1. The topological polar surface area (TPSA) is 73.5 Å². The Morgan fingerprint density at radius 1 is 1.26 bits per heavy atom. The minimum absolute atomic E-state index is 0.104. The number of amides is 2. The van der Waals surface area contributed by atoms with Crippen molar-refractivity contribution < 1.29 is 9.53 Å². The molecule has 1 saturated heterocycles. The van der Waals surface area contributed by atoms with Crippen LogP contribution in [0.1, 0.15) is 18.9 Å². The Morgan fingerprint density at radius 2 is 2.10 bits per heavy atom. The lowest BCUT2D eigenvalue weighted by molar-refractivity contribution is 0.206. The van der Waals surface area contributed by atoms with E-state index in [0.29, 0.717) is 24.5 Å². The maximum absolute atomic E-state index is 13.0. The number of H-pyrrole nitrogens is 1. The SMILES string of the molecule is CCN(Cc1ccccc1)C(=O)Nc1ccc(-c2cn[nH]c2)cc1O[C@H]1CCN(C)C1. The molecule has 4 rings (SSSR count). The van der Waals surface area contributed by atoms with Crippen LogP contribution in [0.5, 0.6) is 5.75 Å². The van der Waals surface area contributed by atoms with Crippen molar-refractivity contribution in [3.8, 4) is 16.9 Å². The summed E-state index contributed by atoms with van der Waals surface area (Å²) in [5.74, 6) is 0.683. The highest BCUT2D eigenvalue weighted by Gasteiger charge is 2.23. The highest BCUT2D eigenvalue weighted by molar-refractivity contribution is 5.91. The Labute approximate surface area is 183 Å². The fourth-order valence-corrected chi connectivity index (χ4v) is 3.81. The smallest absolute Gasteiger partial charge is 0.322 e. The minimum atomic E-state index is -0.143. The van der Waals surface area contributed by atoms with Gasteiger partial charge in [0.05, 0.1) is 11.9 Å². The van der Waals surface area contributed by atoms with Crippen molar-refractivity contribution in [2.75, 3.05) is 32.0 Å². The maximum Gasteiger partial charge on any atom is 0.322 e. The van der Waals surface area contributed by atoms with E-state index >= 15 is 0 Å². The Morgan fingerprint density at radius 3 is 2.77 bits per heavy atom. The fourth-order valence-electron chi connectivity index (χ4n) is 3.81. The monoisotopic (exact) mass is 419 g/mol. The molecule has 0 saturated carbocycles. The van der Waals surface area contributed by atoms with Gasteiger partial charge < -0.3 is 19.9 Å². The van der Waals surface area contributed by atoms with E-state index in [4.69, 9.17) is 4.74 Å². The molecule has 2 heterocycles. The van der Waals surface area contributed by atoms with Crippen molar-refractivity contribution in [1.29, 1.82) is 0 Å². The number of nitrogens with one attached hydrogen (secondary N) is 2. The first-order chi connectivity index (χ1) is 15.1. The van der Waals surface area contributed by atoms with Gasteiger partial charge in [0.25, 0.3) is 0 Å². The van der Waals surface area contributed by atoms with Crippen LogP contribution in [-0.2, 0) is 6.54 Å². The first-order valence-corrected chi connectivity index (χ1v) is 10.7. The zero-order valence-electron chi connectivity index (χ0n) is 18.0. The number of likely N-dealkylation sites (N-methyl/N-ethyl adjacent to an activating group) is 1. The number of likely N-dealkylation sites (tertiary alicyclic amines) is 1. The van der Waals surface area contributed by atoms with E-state index in [-0.39, 0.29) is 12.1 Å². The summed E-state index contributed by atoms with van der Waals surface area (Å²) in [4.78, 5) is 17.1. The lowest BCUT2D eigenvalue weighted by Crippen LogP contribution is -2.34. The van der Waals surface area contributed by atoms with Crippen LogP contribution in [0, 0.1) is 0 Å².